The van der Waals surface area contributed by atoms with Gasteiger partial charge in [-0.3, -0.25) is 4.79 Å². The lowest BCUT2D eigenvalue weighted by Crippen LogP contribution is -2.71. The van der Waals surface area contributed by atoms with Crippen molar-refractivity contribution in [2.45, 2.75) is 57.7 Å². The summed E-state index contributed by atoms with van der Waals surface area (Å²) in [6.45, 7) is 9.24. The molecule has 3 aliphatic carbocycles. The van der Waals surface area contributed by atoms with E-state index < -0.39 is 16.6 Å². The largest absolute Gasteiger partial charge is 0.458 e. The van der Waals surface area contributed by atoms with E-state index in [1.807, 2.05) is 20.8 Å². The molecule has 0 amide bonds. The van der Waals surface area contributed by atoms with E-state index in [0.717, 1.165) is 18.8 Å². The second kappa shape index (κ2) is 3.63. The summed E-state index contributed by atoms with van der Waals surface area (Å²) < 4.78 is 5.90. The topological polar surface area (TPSA) is 46.5 Å². The second-order valence-corrected chi connectivity index (χ2v) is 7.74. The number of carbonyl (C=O) groups excluding carboxylic acids is 1. The van der Waals surface area contributed by atoms with Gasteiger partial charge in [-0.1, -0.05) is 6.08 Å². The van der Waals surface area contributed by atoms with Crippen LogP contribution in [0.15, 0.2) is 12.7 Å². The summed E-state index contributed by atoms with van der Waals surface area (Å²) in [6, 6.07) is 0. The highest BCUT2D eigenvalue weighted by Gasteiger charge is 2.70. The molecule has 0 saturated heterocycles. The van der Waals surface area contributed by atoms with Gasteiger partial charge in [-0.15, -0.1) is 6.58 Å². The van der Waals surface area contributed by atoms with Crippen molar-refractivity contribution in [2.24, 2.45) is 23.2 Å². The predicted molar refractivity (Wildman–Crippen MR) is 72.4 cm³/mol. The molecular weight excluding hydrogens is 240 g/mol. The van der Waals surface area contributed by atoms with Crippen LogP contribution in [-0.2, 0) is 9.53 Å². The van der Waals surface area contributed by atoms with Crippen molar-refractivity contribution in [3.8, 4) is 0 Å². The third-order valence-electron chi connectivity index (χ3n) is 5.55. The standard InChI is InChI=1S/C16H24O3/c1-5-14(2,3)13(17)19-16-8-11-6-10(12(11)16)7-15(4,18)9-16/h5,10-12,18H,1,6-9H2,2-4H3. The minimum atomic E-state index is -0.689. The van der Waals surface area contributed by atoms with E-state index >= 15 is 0 Å². The van der Waals surface area contributed by atoms with Crippen LogP contribution < -0.4 is 0 Å². The Morgan fingerprint density at radius 3 is 2.63 bits per heavy atom. The molecule has 19 heavy (non-hydrogen) atoms. The van der Waals surface area contributed by atoms with E-state index in [1.165, 1.54) is 6.42 Å². The van der Waals surface area contributed by atoms with Crippen LogP contribution in [0, 0.1) is 23.2 Å². The second-order valence-electron chi connectivity index (χ2n) is 7.74. The van der Waals surface area contributed by atoms with E-state index in [9.17, 15) is 9.90 Å². The third kappa shape index (κ3) is 1.78. The molecule has 3 saturated carbocycles. The fraction of sp³-hybridized carbons (Fsp3) is 0.812. The maximum Gasteiger partial charge on any atom is 0.315 e. The molecule has 0 aromatic rings. The fourth-order valence-electron chi connectivity index (χ4n) is 4.59. The molecule has 0 radical (unpaired) electrons. The molecule has 106 valence electrons. The summed E-state index contributed by atoms with van der Waals surface area (Å²) in [5, 5.41) is 10.4. The molecule has 3 heteroatoms. The Bertz CT molecular complexity index is 437. The zero-order valence-corrected chi connectivity index (χ0v) is 12.1. The van der Waals surface area contributed by atoms with Crippen LogP contribution in [-0.4, -0.2) is 22.3 Å². The molecule has 3 aliphatic rings. The van der Waals surface area contributed by atoms with Crippen LogP contribution in [0.4, 0.5) is 0 Å². The minimum absolute atomic E-state index is 0.204. The zero-order chi connectivity index (χ0) is 14.1. The summed E-state index contributed by atoms with van der Waals surface area (Å²) >= 11 is 0. The molecule has 3 fully saturated rings. The van der Waals surface area contributed by atoms with Gasteiger partial charge in [0, 0.05) is 12.3 Å². The molecule has 0 aromatic carbocycles. The van der Waals surface area contributed by atoms with Gasteiger partial charge in [-0.25, -0.2) is 0 Å². The van der Waals surface area contributed by atoms with E-state index in [2.05, 4.69) is 6.58 Å². The summed E-state index contributed by atoms with van der Waals surface area (Å²) in [5.74, 6) is 1.56. The number of esters is 1. The first-order chi connectivity index (χ1) is 8.69. The fourth-order valence-corrected chi connectivity index (χ4v) is 4.59. The van der Waals surface area contributed by atoms with Crippen LogP contribution in [0.5, 0.6) is 0 Å². The van der Waals surface area contributed by atoms with Gasteiger partial charge in [-0.05, 0) is 51.9 Å². The summed E-state index contributed by atoms with van der Waals surface area (Å²) in [4.78, 5) is 12.3. The van der Waals surface area contributed by atoms with E-state index in [1.54, 1.807) is 6.08 Å². The van der Waals surface area contributed by atoms with Gasteiger partial charge in [-0.2, -0.15) is 0 Å². The Labute approximate surface area is 115 Å². The summed E-state index contributed by atoms with van der Waals surface area (Å²) in [6.07, 6.45) is 5.23. The Kier molecular flexibility index (Phi) is 2.52. The first-order valence-corrected chi connectivity index (χ1v) is 7.29. The van der Waals surface area contributed by atoms with Gasteiger partial charge in [0.1, 0.15) is 5.60 Å². The lowest BCUT2D eigenvalue weighted by Gasteiger charge is -2.69. The average Bonchev–Trinajstić information content (AvgIpc) is 2.23. The first-order valence-electron chi connectivity index (χ1n) is 7.29. The Balaban J connectivity index is 1.80. The van der Waals surface area contributed by atoms with E-state index in [0.29, 0.717) is 18.3 Å². The highest BCUT2D eigenvalue weighted by Crippen LogP contribution is 2.68. The molecular formula is C16H24O3. The van der Waals surface area contributed by atoms with Crippen molar-refractivity contribution in [1.82, 2.24) is 0 Å². The Hall–Kier alpha value is -0.830. The van der Waals surface area contributed by atoms with Crippen molar-refractivity contribution >= 4 is 5.97 Å². The van der Waals surface area contributed by atoms with E-state index in [4.69, 9.17) is 4.74 Å². The smallest absolute Gasteiger partial charge is 0.315 e. The van der Waals surface area contributed by atoms with Crippen molar-refractivity contribution in [3.05, 3.63) is 12.7 Å². The van der Waals surface area contributed by atoms with Gasteiger partial charge in [0.25, 0.3) is 0 Å². The molecule has 1 N–H and O–H groups in total. The zero-order valence-electron chi connectivity index (χ0n) is 12.1. The van der Waals surface area contributed by atoms with Gasteiger partial charge in [0.2, 0.25) is 0 Å². The molecule has 0 bridgehead atoms. The average molecular weight is 264 g/mol. The number of rotatable bonds is 3. The molecule has 5 atom stereocenters. The Morgan fingerprint density at radius 2 is 2.05 bits per heavy atom. The monoisotopic (exact) mass is 264 g/mol. The minimum Gasteiger partial charge on any atom is -0.458 e. The number of hydrogen-bond acceptors (Lipinski definition) is 3. The number of carbonyl (C=O) groups is 1. The number of ether oxygens (including phenoxy) is 1. The summed E-state index contributed by atoms with van der Waals surface area (Å²) in [7, 11) is 0. The number of hydrogen-bond donors (Lipinski definition) is 1. The van der Waals surface area contributed by atoms with Crippen molar-refractivity contribution in [3.63, 3.8) is 0 Å². The molecule has 0 aromatic heterocycles. The molecule has 3 rings (SSSR count). The third-order valence-corrected chi connectivity index (χ3v) is 5.55. The maximum absolute atomic E-state index is 12.3. The number of aliphatic hydroxyl groups is 1. The van der Waals surface area contributed by atoms with Crippen molar-refractivity contribution in [1.29, 1.82) is 0 Å². The lowest BCUT2D eigenvalue weighted by molar-refractivity contribution is -0.290. The van der Waals surface area contributed by atoms with Gasteiger partial charge in [0.15, 0.2) is 0 Å². The van der Waals surface area contributed by atoms with Gasteiger partial charge >= 0.3 is 5.97 Å². The van der Waals surface area contributed by atoms with Crippen LogP contribution in [0.3, 0.4) is 0 Å². The normalized spacial score (nSPS) is 47.5. The molecule has 5 unspecified atom stereocenters. The lowest BCUT2D eigenvalue weighted by atomic mass is 9.39. The Morgan fingerprint density at radius 1 is 1.42 bits per heavy atom. The van der Waals surface area contributed by atoms with Crippen LogP contribution in [0.25, 0.3) is 0 Å². The van der Waals surface area contributed by atoms with Gasteiger partial charge < -0.3 is 9.84 Å². The quantitative estimate of drug-likeness (QED) is 0.629. The van der Waals surface area contributed by atoms with Crippen LogP contribution in [0.2, 0.25) is 0 Å². The SMILES string of the molecule is C=CC(C)(C)C(=O)OC12CC3CC(CC(C)(O)C1)C32. The molecule has 0 heterocycles. The van der Waals surface area contributed by atoms with Gasteiger partial charge in [0.05, 0.1) is 11.0 Å². The molecule has 3 nitrogen and oxygen atoms in total. The van der Waals surface area contributed by atoms with Crippen LogP contribution in [0.1, 0.15) is 46.5 Å². The predicted octanol–water partition coefficient (Wildman–Crippen LogP) is 2.68. The van der Waals surface area contributed by atoms with Crippen molar-refractivity contribution < 1.29 is 14.6 Å². The molecule has 0 aliphatic heterocycles. The molecule has 0 spiro atoms. The highest BCUT2D eigenvalue weighted by atomic mass is 16.6. The van der Waals surface area contributed by atoms with Crippen LogP contribution >= 0.6 is 0 Å². The maximum atomic E-state index is 12.3. The first kappa shape index (κ1) is 13.2. The van der Waals surface area contributed by atoms with E-state index in [-0.39, 0.29) is 5.97 Å². The van der Waals surface area contributed by atoms with Crippen molar-refractivity contribution in [2.75, 3.05) is 0 Å². The summed E-state index contributed by atoms with van der Waals surface area (Å²) in [5.41, 5.74) is -1.74. The highest BCUT2D eigenvalue weighted by molar-refractivity contribution is 5.78.